The van der Waals surface area contributed by atoms with Crippen molar-refractivity contribution in [2.24, 2.45) is 26.4 Å². The van der Waals surface area contributed by atoms with Gasteiger partial charge in [-0.05, 0) is 15.7 Å². The lowest BCUT2D eigenvalue weighted by molar-refractivity contribution is 0.255. The summed E-state index contributed by atoms with van der Waals surface area (Å²) in [5, 5.41) is 24.2. The van der Waals surface area contributed by atoms with Crippen LogP contribution in [0, 0.1) is 0 Å². The monoisotopic (exact) mass is 169 g/mol. The van der Waals surface area contributed by atoms with Crippen LogP contribution in [0.2, 0.25) is 0 Å². The Balaban J connectivity index is 2.47. The largest absolute Gasteiger partial charge is 0.358 e. The highest BCUT2D eigenvalue weighted by Gasteiger charge is 1.90. The second-order valence-electron chi connectivity index (χ2n) is 1.43. The van der Waals surface area contributed by atoms with Crippen molar-refractivity contribution in [3.8, 4) is 0 Å². The average molecular weight is 169 g/mol. The molecule has 0 aliphatic heterocycles. The van der Waals surface area contributed by atoms with Crippen LogP contribution in [0.5, 0.6) is 0 Å². The van der Waals surface area contributed by atoms with Crippen molar-refractivity contribution in [3.63, 3.8) is 0 Å². The van der Waals surface area contributed by atoms with Gasteiger partial charge in [0, 0.05) is 0 Å². The number of aromatic nitrogens is 4. The lowest BCUT2D eigenvalue weighted by Gasteiger charge is -1.73. The van der Waals surface area contributed by atoms with Gasteiger partial charge in [-0.25, -0.2) is 4.79 Å². The standard InChI is InChI=1S/C2H3N9O/c3-1(12)4-8-9-5-2-6-10-11-7-2/h(H2,3,12)(H,6,7,10,11)/b8-4+,9-5+. The average Bonchev–Trinajstić information content (AvgIpc) is 2.49. The van der Waals surface area contributed by atoms with Gasteiger partial charge in [0.15, 0.2) is 0 Å². The highest BCUT2D eigenvalue weighted by Crippen LogP contribution is 1.97. The Morgan fingerprint density at radius 1 is 1.50 bits per heavy atom. The molecule has 0 unspecified atom stereocenters. The number of nitrogens with zero attached hydrogens (tertiary/aromatic N) is 7. The number of hydrogen-bond donors (Lipinski definition) is 2. The number of carbonyl (C=O) groups excluding carboxylic acids is 1. The van der Waals surface area contributed by atoms with E-state index in [0.717, 1.165) is 0 Å². The summed E-state index contributed by atoms with van der Waals surface area (Å²) in [5.74, 6) is -0.0154. The third kappa shape index (κ3) is 2.55. The molecular formula is C2H3N9O. The number of rotatable bonds is 2. The van der Waals surface area contributed by atoms with Crippen molar-refractivity contribution < 1.29 is 4.79 Å². The van der Waals surface area contributed by atoms with Crippen LogP contribution in [0.3, 0.4) is 0 Å². The molecule has 0 atom stereocenters. The summed E-state index contributed by atoms with van der Waals surface area (Å²) in [7, 11) is 0. The summed E-state index contributed by atoms with van der Waals surface area (Å²) in [6.07, 6.45) is 0. The van der Waals surface area contributed by atoms with Crippen molar-refractivity contribution in [3.05, 3.63) is 0 Å². The number of urea groups is 1. The number of carbonyl (C=O) groups is 1. The highest BCUT2D eigenvalue weighted by molar-refractivity contribution is 5.71. The number of primary amides is 1. The summed E-state index contributed by atoms with van der Waals surface area (Å²) in [5.41, 5.74) is 4.60. The molecule has 0 aliphatic rings. The molecule has 0 saturated heterocycles. The van der Waals surface area contributed by atoms with Crippen LogP contribution >= 0.6 is 0 Å². The van der Waals surface area contributed by atoms with Crippen molar-refractivity contribution in [1.29, 1.82) is 0 Å². The lowest BCUT2D eigenvalue weighted by atomic mass is 11.1. The zero-order valence-electron chi connectivity index (χ0n) is 5.62. The van der Waals surface area contributed by atoms with E-state index in [1.807, 2.05) is 0 Å². The molecule has 1 heterocycles. The molecule has 0 aromatic carbocycles. The maximum atomic E-state index is 9.97. The normalized spacial score (nSPS) is 11.3. The van der Waals surface area contributed by atoms with Gasteiger partial charge in [-0.1, -0.05) is 15.3 Å². The molecule has 0 fully saturated rings. The van der Waals surface area contributed by atoms with Crippen molar-refractivity contribution in [2.45, 2.75) is 0 Å². The quantitative estimate of drug-likeness (QED) is 0.462. The molecule has 1 rings (SSSR count). The first-order chi connectivity index (χ1) is 5.79. The van der Waals surface area contributed by atoms with Gasteiger partial charge in [-0.15, -0.1) is 5.10 Å². The molecule has 62 valence electrons. The second kappa shape index (κ2) is 3.80. The predicted molar refractivity (Wildman–Crippen MR) is 33.1 cm³/mol. The fourth-order valence-corrected chi connectivity index (χ4v) is 0.323. The minimum Gasteiger partial charge on any atom is -0.348 e. The number of aromatic amines is 1. The lowest BCUT2D eigenvalue weighted by Crippen LogP contribution is -2.01. The second-order valence-corrected chi connectivity index (χ2v) is 1.43. The van der Waals surface area contributed by atoms with Crippen LogP contribution in [-0.4, -0.2) is 26.7 Å². The summed E-state index contributed by atoms with van der Waals surface area (Å²) >= 11 is 0. The third-order valence-corrected chi connectivity index (χ3v) is 0.652. The molecule has 3 N–H and O–H groups in total. The van der Waals surface area contributed by atoms with E-state index >= 15 is 0 Å². The zero-order valence-corrected chi connectivity index (χ0v) is 5.62. The van der Waals surface area contributed by atoms with Gasteiger partial charge in [0.25, 0.3) is 0 Å². The molecule has 1 aromatic heterocycles. The SMILES string of the molecule is NC(=O)/N=N/N=N/c1nn[nH]n1. The molecule has 0 spiro atoms. The van der Waals surface area contributed by atoms with Crippen molar-refractivity contribution >= 4 is 12.0 Å². The zero-order chi connectivity index (χ0) is 8.81. The number of amides is 2. The summed E-state index contributed by atoms with van der Waals surface area (Å²) in [4.78, 5) is 9.97. The Labute approximate surface area is 64.9 Å². The van der Waals surface area contributed by atoms with Crippen LogP contribution in [0.15, 0.2) is 20.7 Å². The molecule has 0 saturated carbocycles. The Kier molecular flexibility index (Phi) is 2.48. The number of H-pyrrole nitrogens is 1. The van der Waals surface area contributed by atoms with Gasteiger partial charge < -0.3 is 5.73 Å². The molecule has 1 aromatic rings. The van der Waals surface area contributed by atoms with Gasteiger partial charge in [0.05, 0.1) is 0 Å². The van der Waals surface area contributed by atoms with E-state index in [1.165, 1.54) is 0 Å². The van der Waals surface area contributed by atoms with Crippen molar-refractivity contribution in [2.75, 3.05) is 0 Å². The topological polar surface area (TPSA) is 147 Å². The van der Waals surface area contributed by atoms with Gasteiger partial charge in [0.1, 0.15) is 0 Å². The minimum atomic E-state index is -0.956. The van der Waals surface area contributed by atoms with E-state index < -0.39 is 6.03 Å². The van der Waals surface area contributed by atoms with Crippen LogP contribution in [0.25, 0.3) is 0 Å². The van der Waals surface area contributed by atoms with E-state index in [9.17, 15) is 4.79 Å². The van der Waals surface area contributed by atoms with E-state index in [2.05, 4.69) is 47.0 Å². The number of tetrazole rings is 1. The molecular weight excluding hydrogens is 166 g/mol. The molecule has 12 heavy (non-hydrogen) atoms. The summed E-state index contributed by atoms with van der Waals surface area (Å²) in [6, 6.07) is -0.956. The third-order valence-electron chi connectivity index (χ3n) is 0.652. The molecule has 2 amide bonds. The van der Waals surface area contributed by atoms with E-state index in [-0.39, 0.29) is 5.95 Å². The maximum Gasteiger partial charge on any atom is 0.358 e. The highest BCUT2D eigenvalue weighted by atomic mass is 16.2. The summed E-state index contributed by atoms with van der Waals surface area (Å²) < 4.78 is 0. The fourth-order valence-electron chi connectivity index (χ4n) is 0.323. The molecule has 10 heteroatoms. The first-order valence-electron chi connectivity index (χ1n) is 2.63. The summed E-state index contributed by atoms with van der Waals surface area (Å²) in [6.45, 7) is 0. The van der Waals surface area contributed by atoms with Crippen LogP contribution in [0.4, 0.5) is 10.7 Å². The van der Waals surface area contributed by atoms with Crippen LogP contribution in [-0.2, 0) is 0 Å². The van der Waals surface area contributed by atoms with Crippen LogP contribution in [0.1, 0.15) is 0 Å². The van der Waals surface area contributed by atoms with E-state index in [1.54, 1.807) is 0 Å². The Morgan fingerprint density at radius 3 is 2.92 bits per heavy atom. The molecule has 10 nitrogen and oxygen atoms in total. The number of nitrogens with one attached hydrogen (secondary N) is 1. The Hall–Kier alpha value is -2.26. The van der Waals surface area contributed by atoms with E-state index in [4.69, 9.17) is 0 Å². The number of hydrogen-bond acceptors (Lipinski definition) is 5. The van der Waals surface area contributed by atoms with Gasteiger partial charge >= 0.3 is 12.0 Å². The van der Waals surface area contributed by atoms with Gasteiger partial charge in [0.2, 0.25) is 0 Å². The molecule has 0 aliphatic carbocycles. The number of nitrogens with two attached hydrogens (primary N) is 1. The fraction of sp³-hybridized carbons (Fsp3) is 0. The smallest absolute Gasteiger partial charge is 0.348 e. The maximum absolute atomic E-state index is 9.97. The predicted octanol–water partition coefficient (Wildman–Crippen LogP) is -0.271. The van der Waals surface area contributed by atoms with Gasteiger partial charge in [-0.3, -0.25) is 0 Å². The van der Waals surface area contributed by atoms with Gasteiger partial charge in [-0.2, -0.15) is 5.21 Å². The Bertz CT molecular complexity index is 296. The molecule has 0 radical (unpaired) electrons. The minimum absolute atomic E-state index is 0.0154. The van der Waals surface area contributed by atoms with E-state index in [0.29, 0.717) is 0 Å². The Morgan fingerprint density at radius 2 is 2.33 bits per heavy atom. The van der Waals surface area contributed by atoms with Crippen LogP contribution < -0.4 is 5.73 Å². The first-order valence-corrected chi connectivity index (χ1v) is 2.63. The molecule has 0 bridgehead atoms. The van der Waals surface area contributed by atoms with Crippen molar-refractivity contribution in [1.82, 2.24) is 20.6 Å². The first kappa shape index (κ1) is 7.84.